The lowest BCUT2D eigenvalue weighted by molar-refractivity contribution is -0.123. The number of halogens is 1. The van der Waals surface area contributed by atoms with E-state index in [1.165, 1.54) is 23.5 Å². The third-order valence-electron chi connectivity index (χ3n) is 6.26. The summed E-state index contributed by atoms with van der Waals surface area (Å²) in [6, 6.07) is 7.76. The van der Waals surface area contributed by atoms with Gasteiger partial charge in [0.2, 0.25) is 5.91 Å². The number of nitrogens with one attached hydrogen (secondary N) is 1. The number of hydrogen-bond donors (Lipinski definition) is 1. The summed E-state index contributed by atoms with van der Waals surface area (Å²) in [5.41, 5.74) is 1.96. The second-order valence-corrected chi connectivity index (χ2v) is 10.2. The molecule has 29 heavy (non-hydrogen) atoms. The Balaban J connectivity index is 1.29. The molecule has 2 aliphatic rings. The summed E-state index contributed by atoms with van der Waals surface area (Å²) in [4.78, 5) is 20.2. The average molecular weight is 432 g/mol. The maximum atomic E-state index is 12.9. The monoisotopic (exact) mass is 431 g/mol. The highest BCUT2D eigenvalue weighted by atomic mass is 35.5. The van der Waals surface area contributed by atoms with Crippen LogP contribution in [-0.2, 0) is 16.8 Å². The summed E-state index contributed by atoms with van der Waals surface area (Å²) >= 11 is 7.77. The molecule has 0 bridgehead atoms. The van der Waals surface area contributed by atoms with Gasteiger partial charge < -0.3 is 5.32 Å². The molecule has 0 spiro atoms. The highest BCUT2D eigenvalue weighted by molar-refractivity contribution is 7.09. The Hall–Kier alpha value is -1.43. The fourth-order valence-electron chi connectivity index (χ4n) is 4.26. The fourth-order valence-corrected chi connectivity index (χ4v) is 5.39. The molecule has 0 radical (unpaired) electrons. The van der Waals surface area contributed by atoms with Crippen LogP contribution >= 0.6 is 22.9 Å². The van der Waals surface area contributed by atoms with E-state index in [9.17, 15) is 4.79 Å². The van der Waals surface area contributed by atoms with Gasteiger partial charge in [0.25, 0.3) is 0 Å². The van der Waals surface area contributed by atoms with E-state index in [-0.39, 0.29) is 11.3 Å². The smallest absolute Gasteiger partial charge is 0.230 e. The molecule has 1 aliphatic heterocycles. The van der Waals surface area contributed by atoms with Crippen LogP contribution in [0.15, 0.2) is 29.6 Å². The minimum Gasteiger partial charge on any atom is -0.355 e. The van der Waals surface area contributed by atoms with E-state index in [2.05, 4.69) is 29.4 Å². The van der Waals surface area contributed by atoms with Gasteiger partial charge in [0.1, 0.15) is 5.01 Å². The van der Waals surface area contributed by atoms with Crippen LogP contribution in [0, 0.1) is 5.92 Å². The standard InChI is InChI=1S/C23H30ClN3OS/c1-16(2)20-15-29-21(26-20)14-27-11-3-4-17(13-27)12-25-22(28)23(9-10-23)18-5-7-19(24)8-6-18/h5-8,15-17H,3-4,9-14H2,1-2H3,(H,25,28)/t17-/m1/s1. The Morgan fingerprint density at radius 3 is 2.76 bits per heavy atom. The number of rotatable bonds is 7. The first-order valence-electron chi connectivity index (χ1n) is 10.7. The van der Waals surface area contributed by atoms with Gasteiger partial charge in [-0.15, -0.1) is 11.3 Å². The predicted octanol–water partition coefficient (Wildman–Crippen LogP) is 4.98. The third-order valence-corrected chi connectivity index (χ3v) is 7.36. The van der Waals surface area contributed by atoms with Crippen molar-refractivity contribution in [2.24, 2.45) is 5.92 Å². The number of nitrogens with zero attached hydrogens (tertiary/aromatic N) is 2. The summed E-state index contributed by atoms with van der Waals surface area (Å²) in [6.07, 6.45) is 4.23. The minimum absolute atomic E-state index is 0.179. The van der Waals surface area contributed by atoms with Crippen molar-refractivity contribution in [3.63, 3.8) is 0 Å². The summed E-state index contributed by atoms with van der Waals surface area (Å²) in [5, 5.41) is 7.37. The van der Waals surface area contributed by atoms with Gasteiger partial charge in [-0.05, 0) is 61.8 Å². The molecule has 1 aliphatic carbocycles. The first-order valence-corrected chi connectivity index (χ1v) is 11.9. The molecular weight excluding hydrogens is 402 g/mol. The number of aromatic nitrogens is 1. The number of carbonyl (C=O) groups is 1. The SMILES string of the molecule is CC(C)c1csc(CN2CCC[C@H](CNC(=O)C3(c4ccc(Cl)cc4)CC3)C2)n1. The lowest BCUT2D eigenvalue weighted by Crippen LogP contribution is -2.43. The summed E-state index contributed by atoms with van der Waals surface area (Å²) in [6.45, 7) is 8.22. The molecule has 1 saturated heterocycles. The zero-order valence-corrected chi connectivity index (χ0v) is 18.9. The number of thiazole rings is 1. The molecule has 1 amide bonds. The molecule has 1 N–H and O–H groups in total. The first-order chi connectivity index (χ1) is 14.0. The Bertz CT molecular complexity index is 844. The van der Waals surface area contributed by atoms with E-state index in [0.29, 0.717) is 16.9 Å². The van der Waals surface area contributed by atoms with Gasteiger partial charge in [-0.3, -0.25) is 9.69 Å². The molecule has 6 heteroatoms. The molecule has 2 fully saturated rings. The normalized spacial score (nSPS) is 21.3. The average Bonchev–Trinajstić information content (AvgIpc) is 3.39. The fraction of sp³-hybridized carbons (Fsp3) is 0.565. The second-order valence-electron chi connectivity index (χ2n) is 8.86. The highest BCUT2D eigenvalue weighted by Crippen LogP contribution is 2.48. The third kappa shape index (κ3) is 4.84. The molecule has 1 aromatic carbocycles. The van der Waals surface area contributed by atoms with Crippen molar-refractivity contribution in [3.8, 4) is 0 Å². The van der Waals surface area contributed by atoms with Gasteiger partial charge in [-0.2, -0.15) is 0 Å². The number of likely N-dealkylation sites (tertiary alicyclic amines) is 1. The number of piperidine rings is 1. The molecule has 1 saturated carbocycles. The van der Waals surface area contributed by atoms with Crippen molar-refractivity contribution in [3.05, 3.63) is 50.9 Å². The second kappa shape index (κ2) is 8.75. The van der Waals surface area contributed by atoms with E-state index in [0.717, 1.165) is 44.6 Å². The maximum absolute atomic E-state index is 12.9. The van der Waals surface area contributed by atoms with Crippen LogP contribution in [0.2, 0.25) is 5.02 Å². The quantitative estimate of drug-likeness (QED) is 0.672. The van der Waals surface area contributed by atoms with Crippen molar-refractivity contribution in [1.29, 1.82) is 0 Å². The lowest BCUT2D eigenvalue weighted by atomic mass is 9.94. The number of benzene rings is 1. The van der Waals surface area contributed by atoms with Gasteiger partial charge in [0.15, 0.2) is 0 Å². The summed E-state index contributed by atoms with van der Waals surface area (Å²) in [7, 11) is 0. The maximum Gasteiger partial charge on any atom is 0.230 e. The van der Waals surface area contributed by atoms with Crippen molar-refractivity contribution >= 4 is 28.8 Å². The van der Waals surface area contributed by atoms with Gasteiger partial charge in [-0.1, -0.05) is 37.6 Å². The van der Waals surface area contributed by atoms with Crippen LogP contribution in [0.4, 0.5) is 0 Å². The molecule has 2 heterocycles. The van der Waals surface area contributed by atoms with Crippen molar-refractivity contribution in [1.82, 2.24) is 15.2 Å². The topological polar surface area (TPSA) is 45.2 Å². The Labute approximate surface area is 182 Å². The molecule has 4 rings (SSSR count). The molecule has 1 atom stereocenters. The van der Waals surface area contributed by atoms with Crippen LogP contribution in [0.25, 0.3) is 0 Å². The molecule has 2 aromatic rings. The Kier molecular flexibility index (Phi) is 6.28. The van der Waals surface area contributed by atoms with E-state index < -0.39 is 0 Å². The van der Waals surface area contributed by atoms with E-state index in [1.807, 2.05) is 24.3 Å². The van der Waals surface area contributed by atoms with Crippen molar-refractivity contribution in [2.75, 3.05) is 19.6 Å². The minimum atomic E-state index is -0.326. The molecule has 0 unspecified atom stereocenters. The van der Waals surface area contributed by atoms with Crippen LogP contribution < -0.4 is 5.32 Å². The van der Waals surface area contributed by atoms with Crippen molar-refractivity contribution < 1.29 is 4.79 Å². The summed E-state index contributed by atoms with van der Waals surface area (Å²) < 4.78 is 0. The highest BCUT2D eigenvalue weighted by Gasteiger charge is 2.51. The first kappa shape index (κ1) is 20.8. The molecular formula is C23H30ClN3OS. The van der Waals surface area contributed by atoms with Crippen LogP contribution in [0.5, 0.6) is 0 Å². The Morgan fingerprint density at radius 1 is 1.34 bits per heavy atom. The van der Waals surface area contributed by atoms with Crippen molar-refractivity contribution in [2.45, 2.75) is 57.4 Å². The van der Waals surface area contributed by atoms with E-state index in [1.54, 1.807) is 11.3 Å². The van der Waals surface area contributed by atoms with Gasteiger partial charge in [0, 0.05) is 23.5 Å². The van der Waals surface area contributed by atoms with Crippen LogP contribution in [-0.4, -0.2) is 35.4 Å². The molecule has 1 aromatic heterocycles. The van der Waals surface area contributed by atoms with Gasteiger partial charge >= 0.3 is 0 Å². The zero-order chi connectivity index (χ0) is 20.4. The number of carbonyl (C=O) groups excluding carboxylic acids is 1. The van der Waals surface area contributed by atoms with E-state index >= 15 is 0 Å². The number of hydrogen-bond acceptors (Lipinski definition) is 4. The molecule has 4 nitrogen and oxygen atoms in total. The van der Waals surface area contributed by atoms with Crippen LogP contribution in [0.1, 0.15) is 61.7 Å². The number of amides is 1. The largest absolute Gasteiger partial charge is 0.355 e. The Morgan fingerprint density at radius 2 is 2.10 bits per heavy atom. The molecule has 156 valence electrons. The zero-order valence-electron chi connectivity index (χ0n) is 17.3. The van der Waals surface area contributed by atoms with Crippen LogP contribution in [0.3, 0.4) is 0 Å². The summed E-state index contributed by atoms with van der Waals surface area (Å²) in [5.74, 6) is 1.18. The lowest BCUT2D eigenvalue weighted by Gasteiger charge is -2.32. The predicted molar refractivity (Wildman–Crippen MR) is 120 cm³/mol. The van der Waals surface area contributed by atoms with Gasteiger partial charge in [-0.25, -0.2) is 4.98 Å². The van der Waals surface area contributed by atoms with Gasteiger partial charge in [0.05, 0.1) is 17.7 Å². The van der Waals surface area contributed by atoms with E-state index in [4.69, 9.17) is 16.6 Å².